The molecule has 0 saturated carbocycles. The first-order chi connectivity index (χ1) is 14.3. The molecule has 0 aromatic carbocycles. The summed E-state index contributed by atoms with van der Waals surface area (Å²) >= 11 is 5.40. The summed E-state index contributed by atoms with van der Waals surface area (Å²) in [4.78, 5) is 57.3. The number of hydrogen-bond acceptors (Lipinski definition) is 10. The maximum atomic E-state index is 12.8. The van der Waals surface area contributed by atoms with E-state index in [0.29, 0.717) is 10.2 Å². The number of thiazole rings is 1. The van der Waals surface area contributed by atoms with E-state index in [2.05, 4.69) is 36.7 Å². The molecule has 0 spiro atoms. The largest absolute Gasteiger partial charge is 0.478 e. The van der Waals surface area contributed by atoms with E-state index in [4.69, 9.17) is 9.57 Å². The number of β-lactam (4-membered cyclic amide) rings is 1. The van der Waals surface area contributed by atoms with Crippen LogP contribution in [0, 0.1) is 0 Å². The SMILES string of the molecule is CON=C(C(=O)NC1C(=O)N2C=C(C(=O)O)C(OC)S[C@H]12)c1nc(NC=O)sc1Br. The fourth-order valence-corrected chi connectivity index (χ4v) is 5.40. The van der Waals surface area contributed by atoms with Gasteiger partial charge in [-0.3, -0.25) is 14.4 Å². The summed E-state index contributed by atoms with van der Waals surface area (Å²) in [5, 5.41) is 17.6. The molecular formula is C15H14BrN5O7S2. The quantitative estimate of drug-likeness (QED) is 0.188. The summed E-state index contributed by atoms with van der Waals surface area (Å²) in [6.45, 7) is 0. The van der Waals surface area contributed by atoms with Crippen molar-refractivity contribution in [3.63, 3.8) is 0 Å². The Morgan fingerprint density at radius 2 is 2.17 bits per heavy atom. The highest BCUT2D eigenvalue weighted by atomic mass is 79.9. The van der Waals surface area contributed by atoms with E-state index in [0.717, 1.165) is 23.1 Å². The first-order valence-electron chi connectivity index (χ1n) is 8.06. The van der Waals surface area contributed by atoms with Crippen LogP contribution in [-0.2, 0) is 28.8 Å². The van der Waals surface area contributed by atoms with Gasteiger partial charge in [0.15, 0.2) is 10.8 Å². The van der Waals surface area contributed by atoms with E-state index >= 15 is 0 Å². The van der Waals surface area contributed by atoms with Gasteiger partial charge >= 0.3 is 5.97 Å². The number of amides is 3. The number of hydrogen-bond donors (Lipinski definition) is 3. The maximum absolute atomic E-state index is 12.8. The molecule has 3 N–H and O–H groups in total. The highest BCUT2D eigenvalue weighted by Gasteiger charge is 2.53. The summed E-state index contributed by atoms with van der Waals surface area (Å²) in [5.41, 5.74) is -0.962. The van der Waals surface area contributed by atoms with Gasteiger partial charge in [-0.05, 0) is 15.9 Å². The number of carbonyl (C=O) groups is 4. The summed E-state index contributed by atoms with van der Waals surface area (Å²) in [6.07, 6.45) is 1.65. The minimum Gasteiger partial charge on any atom is -0.478 e. The molecule has 1 saturated heterocycles. The molecule has 2 aliphatic heterocycles. The fraction of sp³-hybridized carbons (Fsp3) is 0.333. The Hall–Kier alpha value is -2.49. The highest BCUT2D eigenvalue weighted by Crippen LogP contribution is 2.40. The van der Waals surface area contributed by atoms with E-state index in [9.17, 15) is 24.3 Å². The number of carbonyl (C=O) groups excluding carboxylic acids is 3. The van der Waals surface area contributed by atoms with Gasteiger partial charge < -0.3 is 30.2 Å². The molecular weight excluding hydrogens is 506 g/mol. The zero-order chi connectivity index (χ0) is 22.0. The fourth-order valence-electron chi connectivity index (χ4n) is 2.70. The number of anilines is 1. The van der Waals surface area contributed by atoms with Crippen LogP contribution in [0.2, 0.25) is 0 Å². The lowest BCUT2D eigenvalue weighted by Crippen LogP contribution is -2.69. The zero-order valence-corrected chi connectivity index (χ0v) is 18.5. The third-order valence-corrected chi connectivity index (χ3v) is 7.12. The predicted octanol–water partition coefficient (Wildman–Crippen LogP) is 0.165. The van der Waals surface area contributed by atoms with Crippen molar-refractivity contribution >= 4 is 74.1 Å². The molecule has 3 heterocycles. The molecule has 3 atom stereocenters. The van der Waals surface area contributed by atoms with Crippen LogP contribution in [-0.4, -0.2) is 76.0 Å². The van der Waals surface area contributed by atoms with Gasteiger partial charge in [0.1, 0.15) is 33.4 Å². The molecule has 1 fully saturated rings. The van der Waals surface area contributed by atoms with Crippen LogP contribution in [0.5, 0.6) is 0 Å². The standard InChI is InChI=1S/C15H14BrN5O7S2/c1-27-14-5(13(25)26)3-21-11(24)8(12(21)30-14)18-10(23)7(20-28-2)6-9(16)29-15(19-6)17-4-22/h3-4,8,12,14H,1-2H3,(H,18,23)(H,25,26)(H,17,19,22)/t8?,12-,14?/m1/s1. The molecule has 160 valence electrons. The molecule has 2 aliphatic rings. The van der Waals surface area contributed by atoms with Crippen molar-refractivity contribution in [2.75, 3.05) is 19.5 Å². The van der Waals surface area contributed by atoms with Crippen LogP contribution in [0.15, 0.2) is 20.7 Å². The van der Waals surface area contributed by atoms with Gasteiger partial charge in [-0.15, -0.1) is 0 Å². The molecule has 0 aliphatic carbocycles. The van der Waals surface area contributed by atoms with E-state index in [1.54, 1.807) is 0 Å². The minimum absolute atomic E-state index is 0.0693. The number of nitrogens with zero attached hydrogens (tertiary/aromatic N) is 3. The smallest absolute Gasteiger partial charge is 0.336 e. The second-order valence-corrected chi connectivity index (χ2v) is 9.21. The van der Waals surface area contributed by atoms with Crippen LogP contribution in [0.4, 0.5) is 5.13 Å². The van der Waals surface area contributed by atoms with Crippen LogP contribution in [0.3, 0.4) is 0 Å². The molecule has 3 amide bonds. The van der Waals surface area contributed by atoms with Crippen molar-refractivity contribution in [1.82, 2.24) is 15.2 Å². The second kappa shape index (κ2) is 9.11. The lowest BCUT2D eigenvalue weighted by atomic mass is 10.1. The molecule has 1 aromatic heterocycles. The first kappa shape index (κ1) is 22.2. The topological polar surface area (TPSA) is 160 Å². The first-order valence-corrected chi connectivity index (χ1v) is 10.6. The van der Waals surface area contributed by atoms with Crippen LogP contribution < -0.4 is 10.6 Å². The number of rotatable bonds is 8. The summed E-state index contributed by atoms with van der Waals surface area (Å²) < 4.78 is 5.59. The Morgan fingerprint density at radius 3 is 2.77 bits per heavy atom. The number of oxime groups is 1. The Bertz CT molecular complexity index is 965. The van der Waals surface area contributed by atoms with Crippen LogP contribution >= 0.6 is 39.0 Å². The van der Waals surface area contributed by atoms with Gasteiger partial charge in [0, 0.05) is 13.3 Å². The lowest BCUT2D eigenvalue weighted by molar-refractivity contribution is -0.144. The molecule has 15 heteroatoms. The highest BCUT2D eigenvalue weighted by molar-refractivity contribution is 9.11. The summed E-state index contributed by atoms with van der Waals surface area (Å²) in [6, 6.07) is -0.932. The Morgan fingerprint density at radius 1 is 1.43 bits per heavy atom. The number of aromatic nitrogens is 1. The molecule has 2 unspecified atom stereocenters. The second-order valence-electron chi connectivity index (χ2n) is 5.71. The maximum Gasteiger partial charge on any atom is 0.336 e. The number of carboxylic acids is 1. The van der Waals surface area contributed by atoms with Crippen molar-refractivity contribution < 1.29 is 33.9 Å². The predicted molar refractivity (Wildman–Crippen MR) is 110 cm³/mol. The third-order valence-electron chi connectivity index (χ3n) is 4.01. The number of thioether (sulfide) groups is 1. The van der Waals surface area contributed by atoms with Crippen molar-refractivity contribution in [3.8, 4) is 0 Å². The van der Waals surface area contributed by atoms with Gasteiger partial charge in [0.25, 0.3) is 11.8 Å². The number of nitrogens with one attached hydrogen (secondary N) is 2. The molecule has 12 nitrogen and oxygen atoms in total. The number of aliphatic carboxylic acids is 1. The van der Waals surface area contributed by atoms with Crippen molar-refractivity contribution in [2.24, 2.45) is 5.16 Å². The van der Waals surface area contributed by atoms with Crippen molar-refractivity contribution in [2.45, 2.75) is 16.9 Å². The number of carboxylic acid groups (broad SMARTS) is 1. The summed E-state index contributed by atoms with van der Waals surface area (Å²) in [7, 11) is 2.60. The van der Waals surface area contributed by atoms with E-state index in [1.165, 1.54) is 25.3 Å². The number of ether oxygens (including phenoxy) is 1. The lowest BCUT2D eigenvalue weighted by Gasteiger charge is -2.48. The van der Waals surface area contributed by atoms with E-state index < -0.39 is 34.6 Å². The normalized spacial score (nSPS) is 23.1. The van der Waals surface area contributed by atoms with Crippen LogP contribution in [0.1, 0.15) is 5.69 Å². The van der Waals surface area contributed by atoms with E-state index in [-0.39, 0.29) is 22.1 Å². The van der Waals surface area contributed by atoms with Crippen LogP contribution in [0.25, 0.3) is 0 Å². The molecule has 3 rings (SSSR count). The van der Waals surface area contributed by atoms with Gasteiger partial charge in [0.2, 0.25) is 6.41 Å². The molecule has 0 bridgehead atoms. The Labute approximate surface area is 185 Å². The molecule has 0 radical (unpaired) electrons. The molecule has 1 aromatic rings. The van der Waals surface area contributed by atoms with Crippen molar-refractivity contribution in [3.05, 3.63) is 21.3 Å². The van der Waals surface area contributed by atoms with E-state index in [1.807, 2.05) is 0 Å². The molecule has 30 heavy (non-hydrogen) atoms. The van der Waals surface area contributed by atoms with Gasteiger partial charge in [-0.2, -0.15) is 0 Å². The minimum atomic E-state index is -1.20. The third kappa shape index (κ3) is 4.05. The Kier molecular flexibility index (Phi) is 6.74. The van der Waals surface area contributed by atoms with Gasteiger partial charge in [0.05, 0.1) is 5.57 Å². The average Bonchev–Trinajstić information content (AvgIpc) is 3.08. The van der Waals surface area contributed by atoms with Gasteiger partial charge in [-0.25, -0.2) is 9.78 Å². The number of halogens is 1. The monoisotopic (exact) mass is 519 g/mol. The van der Waals surface area contributed by atoms with Crippen molar-refractivity contribution in [1.29, 1.82) is 0 Å². The number of fused-ring (bicyclic) bond motifs is 1. The number of methoxy groups -OCH3 is 1. The average molecular weight is 520 g/mol. The van der Waals surface area contributed by atoms with Gasteiger partial charge in [-0.1, -0.05) is 28.3 Å². The summed E-state index contributed by atoms with van der Waals surface area (Å²) in [5.74, 6) is -2.41. The zero-order valence-electron chi connectivity index (χ0n) is 15.3. The Balaban J connectivity index is 1.80.